The van der Waals surface area contributed by atoms with E-state index in [1.807, 2.05) is 16.2 Å². The van der Waals surface area contributed by atoms with E-state index in [2.05, 4.69) is 37.7 Å². The second-order valence-corrected chi connectivity index (χ2v) is 8.96. The van der Waals surface area contributed by atoms with E-state index in [9.17, 15) is 0 Å². The third-order valence-corrected chi connectivity index (χ3v) is 7.52. The molecule has 134 valence electrons. The minimum Gasteiger partial charge on any atom is -0.323 e. The highest BCUT2D eigenvalue weighted by molar-refractivity contribution is 7.10. The molecule has 0 spiro atoms. The summed E-state index contributed by atoms with van der Waals surface area (Å²) >= 11 is 1.86. The van der Waals surface area contributed by atoms with Crippen molar-refractivity contribution in [2.75, 3.05) is 26.2 Å². The molecule has 0 amide bonds. The van der Waals surface area contributed by atoms with E-state index >= 15 is 0 Å². The molecule has 2 N–H and O–H groups in total. The van der Waals surface area contributed by atoms with E-state index in [1.54, 1.807) is 4.90 Å². The summed E-state index contributed by atoms with van der Waals surface area (Å²) in [6.07, 6.45) is 7.87. The largest absolute Gasteiger partial charge is 0.323 e. The molecule has 2 saturated heterocycles. The molecule has 0 bridgehead atoms. The van der Waals surface area contributed by atoms with Crippen LogP contribution in [-0.2, 0) is 0 Å². The Morgan fingerprint density at radius 1 is 1.12 bits per heavy atom. The number of tetrazole rings is 1. The van der Waals surface area contributed by atoms with Crippen LogP contribution in [0.15, 0.2) is 17.5 Å². The standard InChI is InChI=1S/C18H26N6S/c1-2-6-14(5-1)24-18(19-20-21-24)17(16-8-4-12-25-16)23-11-10-22-9-3-7-15(22)13-23/h4,8,12,14-15,17H,1-3,5-7,9-11,13H2/p+2/t15-,17+/m1/s1. The Hall–Kier alpha value is -1.31. The molecule has 2 aliphatic heterocycles. The number of hydrogen-bond donors (Lipinski definition) is 2. The quantitative estimate of drug-likeness (QED) is 0.800. The van der Waals surface area contributed by atoms with Crippen molar-refractivity contribution in [3.05, 3.63) is 28.2 Å². The Labute approximate surface area is 152 Å². The fourth-order valence-corrected chi connectivity index (χ4v) is 6.21. The molecule has 0 radical (unpaired) electrons. The first-order valence-corrected chi connectivity index (χ1v) is 10.8. The summed E-state index contributed by atoms with van der Waals surface area (Å²) in [7, 11) is 0. The number of hydrogen-bond acceptors (Lipinski definition) is 4. The molecule has 4 heterocycles. The topological polar surface area (TPSA) is 52.5 Å². The molecule has 0 aromatic carbocycles. The van der Waals surface area contributed by atoms with Gasteiger partial charge in [0.2, 0.25) is 5.82 Å². The lowest BCUT2D eigenvalue weighted by molar-refractivity contribution is -1.03. The van der Waals surface area contributed by atoms with Gasteiger partial charge in [0, 0.05) is 12.8 Å². The predicted molar refractivity (Wildman–Crippen MR) is 95.9 cm³/mol. The second kappa shape index (κ2) is 6.78. The van der Waals surface area contributed by atoms with Gasteiger partial charge < -0.3 is 9.80 Å². The van der Waals surface area contributed by atoms with Crippen LogP contribution in [0.25, 0.3) is 0 Å². The molecule has 6 nitrogen and oxygen atoms in total. The highest BCUT2D eigenvalue weighted by atomic mass is 32.1. The van der Waals surface area contributed by atoms with Gasteiger partial charge in [0.15, 0.2) is 6.04 Å². The molecule has 4 atom stereocenters. The van der Waals surface area contributed by atoms with E-state index in [0.717, 1.165) is 11.9 Å². The maximum absolute atomic E-state index is 4.56. The first-order chi connectivity index (χ1) is 12.4. The lowest BCUT2D eigenvalue weighted by atomic mass is 10.1. The summed E-state index contributed by atoms with van der Waals surface area (Å²) in [4.78, 5) is 4.93. The van der Waals surface area contributed by atoms with Crippen molar-refractivity contribution in [3.63, 3.8) is 0 Å². The van der Waals surface area contributed by atoms with Crippen molar-refractivity contribution in [3.8, 4) is 0 Å². The fraction of sp³-hybridized carbons (Fsp3) is 0.722. The molecule has 1 aliphatic carbocycles. The number of nitrogens with one attached hydrogen (secondary N) is 2. The van der Waals surface area contributed by atoms with Crippen LogP contribution in [0.3, 0.4) is 0 Å². The normalized spacial score (nSPS) is 31.3. The molecular formula is C18H28N6S+2. The number of nitrogens with zero attached hydrogens (tertiary/aromatic N) is 4. The first-order valence-electron chi connectivity index (χ1n) is 9.90. The predicted octanol–water partition coefficient (Wildman–Crippen LogP) is -0.115. The van der Waals surface area contributed by atoms with E-state index in [-0.39, 0.29) is 0 Å². The number of quaternary nitrogens is 2. The van der Waals surface area contributed by atoms with Crippen molar-refractivity contribution < 1.29 is 9.80 Å². The number of aromatic nitrogens is 4. The SMILES string of the molecule is c1csc([C@@H](c2nnnn2C2CCCC2)[NH+]2CC[NH+]3CCC[C@@H]3C2)c1. The van der Waals surface area contributed by atoms with Crippen LogP contribution in [0.4, 0.5) is 0 Å². The summed E-state index contributed by atoms with van der Waals surface area (Å²) in [5, 5.41) is 15.3. The van der Waals surface area contributed by atoms with Crippen LogP contribution >= 0.6 is 11.3 Å². The van der Waals surface area contributed by atoms with Crippen molar-refractivity contribution in [1.29, 1.82) is 0 Å². The minimum atomic E-state index is 0.303. The monoisotopic (exact) mass is 360 g/mol. The third-order valence-electron chi connectivity index (χ3n) is 6.59. The second-order valence-electron chi connectivity index (χ2n) is 7.98. The average Bonchev–Trinajstić information content (AvgIpc) is 3.41. The van der Waals surface area contributed by atoms with Crippen LogP contribution in [0.1, 0.15) is 61.3 Å². The highest BCUT2D eigenvalue weighted by Gasteiger charge is 2.43. The number of rotatable bonds is 4. The smallest absolute Gasteiger partial charge is 0.215 e. The molecule has 2 unspecified atom stereocenters. The van der Waals surface area contributed by atoms with Gasteiger partial charge in [-0.15, -0.1) is 16.4 Å². The van der Waals surface area contributed by atoms with Crippen LogP contribution < -0.4 is 9.80 Å². The van der Waals surface area contributed by atoms with Crippen molar-refractivity contribution in [2.45, 2.75) is 56.7 Å². The van der Waals surface area contributed by atoms with E-state index < -0.39 is 0 Å². The summed E-state index contributed by atoms with van der Waals surface area (Å²) in [5.74, 6) is 1.10. The zero-order valence-corrected chi connectivity index (χ0v) is 15.5. The third kappa shape index (κ3) is 2.92. The molecule has 3 aliphatic rings. The Morgan fingerprint density at radius 2 is 2.04 bits per heavy atom. The number of fused-ring (bicyclic) bond motifs is 1. The Kier molecular flexibility index (Phi) is 4.31. The van der Waals surface area contributed by atoms with E-state index in [1.165, 1.54) is 69.6 Å². The zero-order chi connectivity index (χ0) is 16.6. The highest BCUT2D eigenvalue weighted by Crippen LogP contribution is 2.31. The molecule has 3 fully saturated rings. The van der Waals surface area contributed by atoms with Gasteiger partial charge in [-0.2, -0.15) is 0 Å². The van der Waals surface area contributed by atoms with Gasteiger partial charge in [-0.3, -0.25) is 0 Å². The van der Waals surface area contributed by atoms with E-state index in [0.29, 0.717) is 12.1 Å². The van der Waals surface area contributed by atoms with Crippen LogP contribution in [0, 0.1) is 0 Å². The molecule has 1 saturated carbocycles. The Bertz CT molecular complexity index is 692. The van der Waals surface area contributed by atoms with Gasteiger partial charge in [-0.05, 0) is 34.7 Å². The molecule has 5 rings (SSSR count). The van der Waals surface area contributed by atoms with Crippen LogP contribution in [0.5, 0.6) is 0 Å². The summed E-state index contributed by atoms with van der Waals surface area (Å²) < 4.78 is 2.18. The lowest BCUT2D eigenvalue weighted by Gasteiger charge is -2.36. The molecular weight excluding hydrogens is 332 g/mol. The van der Waals surface area contributed by atoms with Gasteiger partial charge >= 0.3 is 0 Å². The molecule has 25 heavy (non-hydrogen) atoms. The molecule has 2 aromatic rings. The van der Waals surface area contributed by atoms with Crippen molar-refractivity contribution in [1.82, 2.24) is 20.2 Å². The summed E-state index contributed by atoms with van der Waals surface area (Å²) in [6, 6.07) is 6.10. The van der Waals surface area contributed by atoms with Crippen LogP contribution in [-0.4, -0.2) is 52.4 Å². The summed E-state index contributed by atoms with van der Waals surface area (Å²) in [6.45, 7) is 5.16. The number of thiophene rings is 1. The van der Waals surface area contributed by atoms with Crippen molar-refractivity contribution in [2.24, 2.45) is 0 Å². The fourth-order valence-electron chi connectivity index (χ4n) is 5.33. The van der Waals surface area contributed by atoms with E-state index in [4.69, 9.17) is 0 Å². The van der Waals surface area contributed by atoms with Gasteiger partial charge in [0.1, 0.15) is 25.7 Å². The maximum Gasteiger partial charge on any atom is 0.215 e. The van der Waals surface area contributed by atoms with Gasteiger partial charge in [0.05, 0.1) is 17.5 Å². The lowest BCUT2D eigenvalue weighted by Crippen LogP contribution is -3.29. The molecule has 2 aromatic heterocycles. The molecule has 7 heteroatoms. The Balaban J connectivity index is 1.48. The summed E-state index contributed by atoms with van der Waals surface area (Å²) in [5.41, 5.74) is 0. The van der Waals surface area contributed by atoms with Crippen LogP contribution in [0.2, 0.25) is 0 Å². The maximum atomic E-state index is 4.56. The first kappa shape index (κ1) is 15.9. The van der Waals surface area contributed by atoms with Gasteiger partial charge in [0.25, 0.3) is 0 Å². The zero-order valence-electron chi connectivity index (χ0n) is 14.7. The number of piperazine rings is 1. The minimum absolute atomic E-state index is 0.303. The van der Waals surface area contributed by atoms with Gasteiger partial charge in [-0.1, -0.05) is 18.9 Å². The van der Waals surface area contributed by atoms with Gasteiger partial charge in [-0.25, -0.2) is 4.68 Å². The average molecular weight is 361 g/mol. The Morgan fingerprint density at radius 3 is 2.88 bits per heavy atom. The van der Waals surface area contributed by atoms with Crippen molar-refractivity contribution >= 4 is 11.3 Å².